The van der Waals surface area contributed by atoms with E-state index in [-0.39, 0.29) is 40.3 Å². The van der Waals surface area contributed by atoms with Crippen LogP contribution in [-0.2, 0) is 20.8 Å². The molecule has 3 aromatic rings. The number of thioether (sulfide) groups is 1. The molecule has 3 rings (SSSR count). The minimum Gasteiger partial charge on any atom is -0.482 e. The molecule has 1 unspecified atom stereocenters. The van der Waals surface area contributed by atoms with E-state index in [4.69, 9.17) is 14.2 Å². The van der Waals surface area contributed by atoms with Gasteiger partial charge >= 0.3 is 11.9 Å². The molecule has 0 radical (unpaired) electrons. The lowest BCUT2D eigenvalue weighted by Gasteiger charge is -2.17. The Labute approximate surface area is 235 Å². The Morgan fingerprint density at radius 1 is 1.13 bits per heavy atom. The third-order valence-corrected chi connectivity index (χ3v) is 7.64. The maximum Gasteiger partial charge on any atom is 0.348 e. The number of rotatable bonds is 13. The molecule has 0 saturated carbocycles. The van der Waals surface area contributed by atoms with Crippen molar-refractivity contribution in [3.05, 3.63) is 64.3 Å². The molecule has 1 aromatic carbocycles. The largest absolute Gasteiger partial charge is 0.482 e. The maximum absolute atomic E-state index is 12.9. The van der Waals surface area contributed by atoms with Gasteiger partial charge in [-0.3, -0.25) is 9.36 Å². The zero-order valence-electron chi connectivity index (χ0n) is 22.6. The van der Waals surface area contributed by atoms with Gasteiger partial charge in [0.2, 0.25) is 5.91 Å². The number of esters is 2. The number of para-hydroxylation sites is 1. The summed E-state index contributed by atoms with van der Waals surface area (Å²) in [6.07, 6.45) is 1.32. The SMILES string of the molecule is C=CCn1c(SCC(=O)Nc2sc(C(=O)OCC)c(C)c2C(=O)OCC)nnc1C(C)Oc1ccccc1C. The third kappa shape index (κ3) is 7.27. The Morgan fingerprint density at radius 2 is 1.82 bits per heavy atom. The number of allylic oxidation sites excluding steroid dienone is 1. The fourth-order valence-corrected chi connectivity index (χ4v) is 5.53. The summed E-state index contributed by atoms with van der Waals surface area (Å²) in [5, 5.41) is 12.1. The molecule has 208 valence electrons. The van der Waals surface area contributed by atoms with Gasteiger partial charge in [0.05, 0.1) is 24.5 Å². The molecule has 0 aliphatic rings. The van der Waals surface area contributed by atoms with E-state index in [9.17, 15) is 14.4 Å². The molecular weight excluding hydrogens is 540 g/mol. The van der Waals surface area contributed by atoms with Gasteiger partial charge in [-0.15, -0.1) is 28.1 Å². The average Bonchev–Trinajstić information content (AvgIpc) is 3.45. The second-order valence-electron chi connectivity index (χ2n) is 8.30. The Bertz CT molecular complexity index is 1350. The molecule has 10 nitrogen and oxygen atoms in total. The number of carbonyl (C=O) groups is 3. The minimum atomic E-state index is -0.622. The van der Waals surface area contributed by atoms with E-state index in [0.717, 1.165) is 22.6 Å². The lowest BCUT2D eigenvalue weighted by molar-refractivity contribution is -0.113. The van der Waals surface area contributed by atoms with E-state index in [0.29, 0.717) is 23.1 Å². The van der Waals surface area contributed by atoms with E-state index in [2.05, 4.69) is 22.1 Å². The number of aryl methyl sites for hydroxylation is 1. The van der Waals surface area contributed by atoms with Gasteiger partial charge in [0.15, 0.2) is 17.1 Å². The van der Waals surface area contributed by atoms with E-state index < -0.39 is 18.0 Å². The summed E-state index contributed by atoms with van der Waals surface area (Å²) in [7, 11) is 0. The molecule has 12 heteroatoms. The van der Waals surface area contributed by atoms with Crippen LogP contribution in [0.4, 0.5) is 5.00 Å². The van der Waals surface area contributed by atoms with Crippen molar-refractivity contribution < 1.29 is 28.6 Å². The van der Waals surface area contributed by atoms with Crippen LogP contribution in [0.1, 0.15) is 63.9 Å². The van der Waals surface area contributed by atoms with Gasteiger partial charge < -0.3 is 19.5 Å². The molecule has 1 atom stereocenters. The van der Waals surface area contributed by atoms with Crippen molar-refractivity contribution in [3.63, 3.8) is 0 Å². The first-order valence-electron chi connectivity index (χ1n) is 12.4. The minimum absolute atomic E-state index is 0.0176. The number of anilines is 1. The molecule has 0 bridgehead atoms. The van der Waals surface area contributed by atoms with Crippen molar-refractivity contribution in [2.45, 2.75) is 52.4 Å². The molecule has 1 amide bonds. The van der Waals surface area contributed by atoms with Crippen LogP contribution in [0.5, 0.6) is 5.75 Å². The highest BCUT2D eigenvalue weighted by atomic mass is 32.2. The second kappa shape index (κ2) is 13.9. The number of thiophene rings is 1. The van der Waals surface area contributed by atoms with Gasteiger partial charge in [-0.05, 0) is 51.8 Å². The van der Waals surface area contributed by atoms with E-state index in [1.165, 1.54) is 11.8 Å². The van der Waals surface area contributed by atoms with Crippen LogP contribution in [0.3, 0.4) is 0 Å². The molecule has 0 aliphatic carbocycles. The van der Waals surface area contributed by atoms with Crippen molar-refractivity contribution in [2.24, 2.45) is 0 Å². The summed E-state index contributed by atoms with van der Waals surface area (Å²) in [5.74, 6) is -0.247. The van der Waals surface area contributed by atoms with Crippen molar-refractivity contribution in [1.82, 2.24) is 14.8 Å². The smallest absolute Gasteiger partial charge is 0.348 e. The zero-order chi connectivity index (χ0) is 28.5. The summed E-state index contributed by atoms with van der Waals surface area (Å²) in [6, 6.07) is 7.71. The molecule has 2 heterocycles. The van der Waals surface area contributed by atoms with Gasteiger partial charge in [-0.25, -0.2) is 9.59 Å². The van der Waals surface area contributed by atoms with Gasteiger partial charge in [0.25, 0.3) is 0 Å². The molecule has 0 spiro atoms. The fourth-order valence-electron chi connectivity index (χ4n) is 3.67. The highest BCUT2D eigenvalue weighted by Crippen LogP contribution is 2.35. The maximum atomic E-state index is 12.9. The molecule has 2 aromatic heterocycles. The number of ether oxygens (including phenoxy) is 3. The van der Waals surface area contributed by atoms with Crippen LogP contribution in [0.25, 0.3) is 0 Å². The van der Waals surface area contributed by atoms with Gasteiger partial charge in [0, 0.05) is 6.54 Å². The van der Waals surface area contributed by atoms with Crippen molar-refractivity contribution in [1.29, 1.82) is 0 Å². The lowest BCUT2D eigenvalue weighted by Crippen LogP contribution is -2.17. The first-order chi connectivity index (χ1) is 18.7. The molecule has 0 aliphatic heterocycles. The quantitative estimate of drug-likeness (QED) is 0.164. The predicted molar refractivity (Wildman–Crippen MR) is 151 cm³/mol. The number of benzene rings is 1. The Hall–Kier alpha value is -3.64. The average molecular weight is 573 g/mol. The third-order valence-electron chi connectivity index (χ3n) is 5.49. The lowest BCUT2D eigenvalue weighted by atomic mass is 10.1. The predicted octanol–water partition coefficient (Wildman–Crippen LogP) is 5.37. The Kier molecular flexibility index (Phi) is 10.7. The highest BCUT2D eigenvalue weighted by molar-refractivity contribution is 7.99. The topological polar surface area (TPSA) is 122 Å². The first kappa shape index (κ1) is 29.9. The number of carbonyl (C=O) groups excluding carboxylic acids is 3. The van der Waals surface area contributed by atoms with Gasteiger partial charge in [0.1, 0.15) is 15.6 Å². The van der Waals surface area contributed by atoms with Crippen LogP contribution in [0.2, 0.25) is 0 Å². The Morgan fingerprint density at radius 3 is 2.49 bits per heavy atom. The van der Waals surface area contributed by atoms with Gasteiger partial charge in [-0.1, -0.05) is 36.0 Å². The second-order valence-corrected chi connectivity index (χ2v) is 10.3. The van der Waals surface area contributed by atoms with Crippen LogP contribution >= 0.6 is 23.1 Å². The van der Waals surface area contributed by atoms with E-state index in [1.807, 2.05) is 42.7 Å². The molecule has 0 fully saturated rings. The summed E-state index contributed by atoms with van der Waals surface area (Å²) in [6.45, 7) is 13.4. The number of hydrogen-bond donors (Lipinski definition) is 1. The molecule has 0 saturated heterocycles. The highest BCUT2D eigenvalue weighted by Gasteiger charge is 2.27. The van der Waals surface area contributed by atoms with Crippen molar-refractivity contribution in [3.8, 4) is 5.75 Å². The van der Waals surface area contributed by atoms with Crippen molar-refractivity contribution >= 4 is 45.9 Å². The molecular formula is C27H32N4O6S2. The number of nitrogens with zero attached hydrogens (tertiary/aromatic N) is 3. The normalized spacial score (nSPS) is 11.5. The van der Waals surface area contributed by atoms with Crippen molar-refractivity contribution in [2.75, 3.05) is 24.3 Å². The molecule has 1 N–H and O–H groups in total. The van der Waals surface area contributed by atoms with Gasteiger partial charge in [-0.2, -0.15) is 0 Å². The van der Waals surface area contributed by atoms with E-state index in [1.54, 1.807) is 26.8 Å². The zero-order valence-corrected chi connectivity index (χ0v) is 24.2. The van der Waals surface area contributed by atoms with E-state index >= 15 is 0 Å². The standard InChI is InChI=1S/C27H32N4O6S2/c1-7-14-31-23(18(6)37-19-13-11-10-12-16(19)4)29-30-27(31)38-15-20(32)28-24-21(25(33)35-8-2)17(5)22(39-24)26(34)36-9-3/h7,10-13,18H,1,8-9,14-15H2,2-6H3,(H,28,32). The summed E-state index contributed by atoms with van der Waals surface area (Å²) >= 11 is 2.16. The fraction of sp³-hybridized carbons (Fsp3) is 0.370. The Balaban J connectivity index is 1.76. The van der Waals surface area contributed by atoms with Crippen LogP contribution in [0, 0.1) is 13.8 Å². The number of amides is 1. The van der Waals surface area contributed by atoms with Crippen LogP contribution < -0.4 is 10.1 Å². The monoisotopic (exact) mass is 572 g/mol. The first-order valence-corrected chi connectivity index (χ1v) is 14.2. The van der Waals surface area contributed by atoms with Crippen LogP contribution in [-0.4, -0.2) is 51.6 Å². The summed E-state index contributed by atoms with van der Waals surface area (Å²) in [5.41, 5.74) is 1.54. The number of aromatic nitrogens is 3. The summed E-state index contributed by atoms with van der Waals surface area (Å²) < 4.78 is 18.2. The van der Waals surface area contributed by atoms with Crippen LogP contribution in [0.15, 0.2) is 42.1 Å². The summed E-state index contributed by atoms with van der Waals surface area (Å²) in [4.78, 5) is 38.2. The number of hydrogen-bond acceptors (Lipinski definition) is 10. The molecule has 39 heavy (non-hydrogen) atoms. The number of nitrogens with one attached hydrogen (secondary N) is 1.